The van der Waals surface area contributed by atoms with E-state index in [2.05, 4.69) is 226 Å². The van der Waals surface area contributed by atoms with E-state index in [4.69, 9.17) is 13.8 Å². The Hall–Kier alpha value is -8.67. The van der Waals surface area contributed by atoms with E-state index in [9.17, 15) is 0 Å². The summed E-state index contributed by atoms with van der Waals surface area (Å²) in [6.07, 6.45) is 1.94. The van der Waals surface area contributed by atoms with E-state index in [1.807, 2.05) is 12.3 Å². The minimum absolute atomic E-state index is 0.203. The molecule has 70 heavy (non-hydrogen) atoms. The zero-order valence-electron chi connectivity index (χ0n) is 39.4. The minimum Gasteiger partial charge on any atom is -0.454 e. The number of para-hydroxylation sites is 4. The van der Waals surface area contributed by atoms with Gasteiger partial charge in [-0.05, 0) is 104 Å². The lowest BCUT2D eigenvalue weighted by Gasteiger charge is -2.32. The summed E-state index contributed by atoms with van der Waals surface area (Å²) in [6, 6.07) is 70.3. The third-order valence-corrected chi connectivity index (χ3v) is 14.8. The van der Waals surface area contributed by atoms with Crippen LogP contribution >= 0.6 is 0 Å². The van der Waals surface area contributed by atoms with Crippen LogP contribution < -0.4 is 9.80 Å². The normalized spacial score (nSPS) is 12.3. The molecule has 11 aromatic carbocycles. The summed E-state index contributed by atoms with van der Waals surface area (Å²) in [5.41, 5.74) is 11.1. The molecule has 5 heteroatoms. The van der Waals surface area contributed by atoms with Crippen molar-refractivity contribution in [3.8, 4) is 0 Å². The molecular weight excluding hydrogens is 855 g/mol. The van der Waals surface area contributed by atoms with Crippen molar-refractivity contribution >= 4 is 132 Å². The number of aromatic nitrogens is 1. The van der Waals surface area contributed by atoms with Gasteiger partial charge in [0, 0.05) is 49.3 Å². The summed E-state index contributed by atoms with van der Waals surface area (Å²) in [4.78, 5) is 10.1. The molecule has 0 aliphatic rings. The Bertz CT molecular complexity index is 4110. The van der Waals surface area contributed by atoms with Crippen LogP contribution in [0.4, 0.5) is 34.3 Å². The number of nitrogens with zero attached hydrogens (tertiary/aromatic N) is 3. The SMILES string of the molecule is CC(C)c1cc(N(c2cccc3ccccc23)c2cccc3c2oc2ccccc23)c2ccc3c(C(C)C)cc(N(c4nccc5ccccc45)c4cccc5c4oc4ccccc45)c4ccc1c2c34. The first-order valence-electron chi connectivity index (χ1n) is 24.4. The van der Waals surface area contributed by atoms with Gasteiger partial charge in [-0.25, -0.2) is 4.98 Å². The zero-order chi connectivity index (χ0) is 46.8. The summed E-state index contributed by atoms with van der Waals surface area (Å²) in [7, 11) is 0. The van der Waals surface area contributed by atoms with E-state index in [0.717, 1.165) is 99.7 Å². The standard InChI is InChI=1S/C65H47N3O2/c1-38(2)52-36-57(67(54-25-13-18-40-16-5-7-19-42(40)54)55-26-14-23-48-44-21-9-11-28-59(44)69-63(48)55)50-32-30-47-53(39(3)4)37-58(51-33-31-46(52)61(50)62(47)51)68(65-43-20-8-6-17-41(43)34-35-66-65)56-27-15-24-49-45-22-10-12-29-60(45)70-64(49)56/h5-39H,1-4H3. The molecule has 3 heterocycles. The summed E-state index contributed by atoms with van der Waals surface area (Å²) < 4.78 is 13.8. The number of fused-ring (bicyclic) bond motifs is 8. The Labute approximate surface area is 404 Å². The molecular formula is C65H47N3O2. The van der Waals surface area contributed by atoms with Crippen LogP contribution in [0.25, 0.3) is 97.7 Å². The first-order chi connectivity index (χ1) is 34.4. The van der Waals surface area contributed by atoms with Crippen molar-refractivity contribution in [1.29, 1.82) is 0 Å². The van der Waals surface area contributed by atoms with E-state index in [0.29, 0.717) is 0 Å². The molecule has 0 spiro atoms. The van der Waals surface area contributed by atoms with Crippen LogP contribution in [-0.2, 0) is 0 Å². The van der Waals surface area contributed by atoms with Gasteiger partial charge in [0.15, 0.2) is 11.2 Å². The minimum atomic E-state index is 0.203. The van der Waals surface area contributed by atoms with Crippen molar-refractivity contribution in [3.63, 3.8) is 0 Å². The monoisotopic (exact) mass is 901 g/mol. The van der Waals surface area contributed by atoms with E-state index < -0.39 is 0 Å². The lowest BCUT2D eigenvalue weighted by Crippen LogP contribution is -2.14. The average Bonchev–Trinajstić information content (AvgIpc) is 3.98. The maximum absolute atomic E-state index is 6.91. The van der Waals surface area contributed by atoms with Crippen molar-refractivity contribution in [3.05, 3.63) is 211 Å². The number of pyridine rings is 1. The van der Waals surface area contributed by atoms with Crippen LogP contribution in [0, 0.1) is 0 Å². The number of hydrogen-bond donors (Lipinski definition) is 0. The topological polar surface area (TPSA) is 45.7 Å². The summed E-state index contributed by atoms with van der Waals surface area (Å²) in [5.74, 6) is 1.26. The van der Waals surface area contributed by atoms with Crippen LogP contribution in [0.2, 0.25) is 0 Å². The molecule has 0 radical (unpaired) electrons. The second-order valence-electron chi connectivity index (χ2n) is 19.4. The van der Waals surface area contributed by atoms with Crippen molar-refractivity contribution < 1.29 is 8.83 Å². The Morgan fingerprint density at radius 2 is 0.771 bits per heavy atom. The molecule has 14 rings (SSSR count). The van der Waals surface area contributed by atoms with Gasteiger partial charge < -0.3 is 13.7 Å². The molecule has 0 N–H and O–H groups in total. The third-order valence-electron chi connectivity index (χ3n) is 14.8. The predicted molar refractivity (Wildman–Crippen MR) is 295 cm³/mol. The smallest absolute Gasteiger partial charge is 0.159 e. The number of anilines is 6. The van der Waals surface area contributed by atoms with Gasteiger partial charge >= 0.3 is 0 Å². The lowest BCUT2D eigenvalue weighted by atomic mass is 9.84. The van der Waals surface area contributed by atoms with Gasteiger partial charge in [-0.3, -0.25) is 4.90 Å². The molecule has 3 aromatic heterocycles. The van der Waals surface area contributed by atoms with Crippen LogP contribution in [0.3, 0.4) is 0 Å². The van der Waals surface area contributed by atoms with E-state index in [1.54, 1.807) is 0 Å². The van der Waals surface area contributed by atoms with Gasteiger partial charge in [0.2, 0.25) is 0 Å². The van der Waals surface area contributed by atoms with Crippen molar-refractivity contribution in [2.45, 2.75) is 39.5 Å². The number of hydrogen-bond acceptors (Lipinski definition) is 5. The molecule has 0 aliphatic carbocycles. The highest BCUT2D eigenvalue weighted by Gasteiger charge is 2.30. The molecule has 0 atom stereocenters. The molecule has 0 amide bonds. The van der Waals surface area contributed by atoms with E-state index in [-0.39, 0.29) is 11.8 Å². The Morgan fingerprint density at radius 1 is 0.343 bits per heavy atom. The number of benzene rings is 11. The molecule has 0 unspecified atom stereocenters. The molecule has 5 nitrogen and oxygen atoms in total. The zero-order valence-corrected chi connectivity index (χ0v) is 39.4. The first kappa shape index (κ1) is 40.4. The Morgan fingerprint density at radius 3 is 1.36 bits per heavy atom. The molecule has 334 valence electrons. The molecule has 14 aromatic rings. The van der Waals surface area contributed by atoms with Crippen molar-refractivity contribution in [1.82, 2.24) is 4.98 Å². The summed E-state index contributed by atoms with van der Waals surface area (Å²) in [5, 5.41) is 16.2. The van der Waals surface area contributed by atoms with Gasteiger partial charge in [0.05, 0.1) is 28.4 Å². The number of rotatable bonds is 8. The molecule has 0 saturated heterocycles. The van der Waals surface area contributed by atoms with Crippen LogP contribution in [0.15, 0.2) is 209 Å². The molecule has 0 saturated carbocycles. The number of furan rings is 2. The largest absolute Gasteiger partial charge is 0.454 e. The quantitative estimate of drug-likeness (QED) is 0.142. The van der Waals surface area contributed by atoms with Gasteiger partial charge in [-0.1, -0.05) is 173 Å². The second kappa shape index (κ2) is 15.4. The van der Waals surface area contributed by atoms with Crippen LogP contribution in [-0.4, -0.2) is 4.98 Å². The average molecular weight is 902 g/mol. The second-order valence-corrected chi connectivity index (χ2v) is 19.4. The first-order valence-corrected chi connectivity index (χ1v) is 24.4. The highest BCUT2D eigenvalue weighted by Crippen LogP contribution is 2.54. The maximum atomic E-state index is 6.91. The van der Waals surface area contributed by atoms with Gasteiger partial charge in [-0.15, -0.1) is 0 Å². The maximum Gasteiger partial charge on any atom is 0.159 e. The fourth-order valence-corrected chi connectivity index (χ4v) is 11.6. The summed E-state index contributed by atoms with van der Waals surface area (Å²) in [6.45, 7) is 9.28. The fraction of sp³-hybridized carbons (Fsp3) is 0.0923. The van der Waals surface area contributed by atoms with Crippen molar-refractivity contribution in [2.24, 2.45) is 0 Å². The molecule has 0 aliphatic heterocycles. The Kier molecular flexibility index (Phi) is 8.90. The van der Waals surface area contributed by atoms with E-state index >= 15 is 0 Å². The Balaban J connectivity index is 1.13. The van der Waals surface area contributed by atoms with Crippen molar-refractivity contribution in [2.75, 3.05) is 9.80 Å². The lowest BCUT2D eigenvalue weighted by molar-refractivity contribution is 0.668. The van der Waals surface area contributed by atoms with Gasteiger partial charge in [0.25, 0.3) is 0 Å². The molecule has 0 bridgehead atoms. The van der Waals surface area contributed by atoms with Crippen LogP contribution in [0.1, 0.15) is 50.7 Å². The van der Waals surface area contributed by atoms with Crippen LogP contribution in [0.5, 0.6) is 0 Å². The third kappa shape index (κ3) is 5.88. The van der Waals surface area contributed by atoms with Gasteiger partial charge in [-0.2, -0.15) is 0 Å². The highest BCUT2D eigenvalue weighted by molar-refractivity contribution is 6.30. The fourth-order valence-electron chi connectivity index (χ4n) is 11.6. The summed E-state index contributed by atoms with van der Waals surface area (Å²) >= 11 is 0. The highest BCUT2D eigenvalue weighted by atomic mass is 16.3. The molecule has 0 fully saturated rings. The van der Waals surface area contributed by atoms with E-state index in [1.165, 1.54) is 43.4 Å². The predicted octanol–water partition coefficient (Wildman–Crippen LogP) is 19.3. The van der Waals surface area contributed by atoms with Gasteiger partial charge in [0.1, 0.15) is 17.0 Å².